The van der Waals surface area contributed by atoms with Gasteiger partial charge in [0.2, 0.25) is 0 Å². The molecule has 1 aliphatic heterocycles. The van der Waals surface area contributed by atoms with E-state index in [1.807, 2.05) is 0 Å². The Morgan fingerprint density at radius 3 is 3.19 bits per heavy atom. The first kappa shape index (κ1) is 12.0. The van der Waals surface area contributed by atoms with Crippen molar-refractivity contribution in [2.75, 3.05) is 6.61 Å². The van der Waals surface area contributed by atoms with Gasteiger partial charge in [-0.05, 0) is 54.5 Å². The highest BCUT2D eigenvalue weighted by Gasteiger charge is 2.16. The van der Waals surface area contributed by atoms with E-state index in [4.69, 9.17) is 10.6 Å². The number of ether oxygens (including phenoxy) is 1. The van der Waals surface area contributed by atoms with Crippen molar-refractivity contribution >= 4 is 11.3 Å². The van der Waals surface area contributed by atoms with E-state index < -0.39 is 0 Å². The normalized spacial score (nSPS) is 22.4. The summed E-state index contributed by atoms with van der Waals surface area (Å²) in [5.41, 5.74) is 4.20. The Morgan fingerprint density at radius 2 is 2.56 bits per heavy atom. The van der Waals surface area contributed by atoms with Crippen molar-refractivity contribution in [3.8, 4) is 0 Å². The molecule has 16 heavy (non-hydrogen) atoms. The minimum Gasteiger partial charge on any atom is -0.378 e. The Kier molecular flexibility index (Phi) is 4.78. The van der Waals surface area contributed by atoms with Crippen LogP contribution in [0.15, 0.2) is 16.8 Å². The molecular weight excluding hydrogens is 220 g/mol. The van der Waals surface area contributed by atoms with Crippen LogP contribution in [-0.4, -0.2) is 12.7 Å². The summed E-state index contributed by atoms with van der Waals surface area (Å²) >= 11 is 1.72. The largest absolute Gasteiger partial charge is 0.378 e. The van der Waals surface area contributed by atoms with Crippen LogP contribution in [0.3, 0.4) is 0 Å². The van der Waals surface area contributed by atoms with Gasteiger partial charge >= 0.3 is 0 Å². The van der Waals surface area contributed by atoms with Crippen molar-refractivity contribution in [1.82, 2.24) is 5.43 Å². The topological polar surface area (TPSA) is 47.3 Å². The number of hydrogen-bond acceptors (Lipinski definition) is 4. The van der Waals surface area contributed by atoms with Crippen LogP contribution in [0.4, 0.5) is 0 Å². The second kappa shape index (κ2) is 6.35. The summed E-state index contributed by atoms with van der Waals surface area (Å²) in [5.74, 6) is 5.58. The summed E-state index contributed by atoms with van der Waals surface area (Å²) in [4.78, 5) is 0. The van der Waals surface area contributed by atoms with Crippen LogP contribution in [0.2, 0.25) is 0 Å². The van der Waals surface area contributed by atoms with Gasteiger partial charge in [0.25, 0.3) is 0 Å². The number of rotatable bonds is 6. The predicted octanol–water partition coefficient (Wildman–Crippen LogP) is 2.60. The first-order chi connectivity index (χ1) is 7.90. The molecule has 3 N–H and O–H groups in total. The van der Waals surface area contributed by atoms with Crippen LogP contribution in [0.25, 0.3) is 0 Å². The minimum atomic E-state index is 0.299. The molecule has 0 saturated carbocycles. The molecule has 0 radical (unpaired) electrons. The molecule has 0 spiro atoms. The van der Waals surface area contributed by atoms with Crippen LogP contribution in [-0.2, 0) is 4.74 Å². The van der Waals surface area contributed by atoms with Gasteiger partial charge in [-0.2, -0.15) is 11.3 Å². The van der Waals surface area contributed by atoms with Crippen molar-refractivity contribution in [2.45, 2.75) is 44.2 Å². The fourth-order valence-corrected chi connectivity index (χ4v) is 2.96. The van der Waals surface area contributed by atoms with Gasteiger partial charge in [0.05, 0.1) is 6.10 Å². The average Bonchev–Trinajstić information content (AvgIpc) is 2.96. The molecule has 0 aliphatic carbocycles. The highest BCUT2D eigenvalue weighted by atomic mass is 32.1. The molecule has 1 aromatic rings. The molecule has 2 atom stereocenters. The predicted molar refractivity (Wildman–Crippen MR) is 67.2 cm³/mol. The molecule has 1 saturated heterocycles. The summed E-state index contributed by atoms with van der Waals surface area (Å²) in [6.07, 6.45) is 6.40. The third-order valence-corrected chi connectivity index (χ3v) is 3.89. The van der Waals surface area contributed by atoms with Gasteiger partial charge in [-0.3, -0.25) is 11.3 Å². The first-order valence-corrected chi connectivity index (χ1v) is 6.94. The van der Waals surface area contributed by atoms with Crippen LogP contribution >= 0.6 is 11.3 Å². The Balaban J connectivity index is 1.71. The van der Waals surface area contributed by atoms with E-state index in [2.05, 4.69) is 22.3 Å². The highest BCUT2D eigenvalue weighted by Crippen LogP contribution is 2.23. The summed E-state index contributed by atoms with van der Waals surface area (Å²) in [7, 11) is 0. The molecule has 0 aromatic carbocycles. The Hall–Kier alpha value is -0.420. The maximum Gasteiger partial charge on any atom is 0.0576 e. The van der Waals surface area contributed by atoms with Crippen molar-refractivity contribution in [2.24, 2.45) is 5.84 Å². The van der Waals surface area contributed by atoms with Crippen molar-refractivity contribution < 1.29 is 4.74 Å². The van der Waals surface area contributed by atoms with Gasteiger partial charge in [0.1, 0.15) is 0 Å². The lowest BCUT2D eigenvalue weighted by molar-refractivity contribution is 0.101. The van der Waals surface area contributed by atoms with Crippen LogP contribution in [0.5, 0.6) is 0 Å². The second-order valence-electron chi connectivity index (χ2n) is 4.34. The number of nitrogens with two attached hydrogens (primary N) is 1. The Labute approximate surface area is 101 Å². The monoisotopic (exact) mass is 240 g/mol. The fourth-order valence-electron chi connectivity index (χ4n) is 2.24. The summed E-state index contributed by atoms with van der Waals surface area (Å²) < 4.78 is 5.61. The number of thiophene rings is 1. The summed E-state index contributed by atoms with van der Waals surface area (Å²) in [5, 5.41) is 4.26. The van der Waals surface area contributed by atoms with Gasteiger partial charge < -0.3 is 4.74 Å². The number of hydrazine groups is 1. The van der Waals surface area contributed by atoms with E-state index in [9.17, 15) is 0 Å². The first-order valence-electron chi connectivity index (χ1n) is 6.00. The third-order valence-electron chi connectivity index (χ3n) is 3.19. The minimum absolute atomic E-state index is 0.299. The van der Waals surface area contributed by atoms with E-state index in [-0.39, 0.29) is 0 Å². The molecule has 0 amide bonds. The molecule has 4 heteroatoms. The summed E-state index contributed by atoms with van der Waals surface area (Å²) in [6.45, 7) is 0.952. The van der Waals surface area contributed by atoms with Gasteiger partial charge in [-0.15, -0.1) is 0 Å². The standard InChI is InChI=1S/C12H20N2OS/c13-14-12(10-6-8-16-9-10)5-1-3-11-4-2-7-15-11/h6,8-9,11-12,14H,1-5,7,13H2. The van der Waals surface area contributed by atoms with Gasteiger partial charge in [0.15, 0.2) is 0 Å². The smallest absolute Gasteiger partial charge is 0.0576 e. The molecule has 1 aromatic heterocycles. The second-order valence-corrected chi connectivity index (χ2v) is 5.12. The zero-order valence-electron chi connectivity index (χ0n) is 9.52. The lowest BCUT2D eigenvalue weighted by Gasteiger charge is -2.15. The fraction of sp³-hybridized carbons (Fsp3) is 0.667. The maximum absolute atomic E-state index is 5.61. The van der Waals surface area contributed by atoms with Crippen molar-refractivity contribution in [3.05, 3.63) is 22.4 Å². The van der Waals surface area contributed by atoms with Gasteiger partial charge in [-0.25, -0.2) is 0 Å². The van der Waals surface area contributed by atoms with E-state index in [1.54, 1.807) is 11.3 Å². The van der Waals surface area contributed by atoms with E-state index in [1.165, 1.54) is 31.2 Å². The quantitative estimate of drug-likeness (QED) is 0.593. The van der Waals surface area contributed by atoms with Crippen LogP contribution in [0.1, 0.15) is 43.7 Å². The molecule has 0 bridgehead atoms. The average molecular weight is 240 g/mol. The van der Waals surface area contributed by atoms with Gasteiger partial charge in [-0.1, -0.05) is 0 Å². The van der Waals surface area contributed by atoms with Crippen LogP contribution in [0, 0.1) is 0 Å². The molecule has 2 unspecified atom stereocenters. The highest BCUT2D eigenvalue weighted by molar-refractivity contribution is 7.07. The zero-order valence-corrected chi connectivity index (χ0v) is 10.3. The molecule has 2 rings (SSSR count). The summed E-state index contributed by atoms with van der Waals surface area (Å²) in [6, 6.07) is 2.44. The van der Waals surface area contributed by atoms with E-state index >= 15 is 0 Å². The van der Waals surface area contributed by atoms with E-state index in [0.717, 1.165) is 13.0 Å². The van der Waals surface area contributed by atoms with Gasteiger partial charge in [0, 0.05) is 12.6 Å². The Morgan fingerprint density at radius 1 is 1.62 bits per heavy atom. The molecule has 2 heterocycles. The van der Waals surface area contributed by atoms with Crippen molar-refractivity contribution in [3.63, 3.8) is 0 Å². The lowest BCUT2D eigenvalue weighted by Crippen LogP contribution is -2.27. The number of hydrogen-bond donors (Lipinski definition) is 2. The molecule has 1 fully saturated rings. The van der Waals surface area contributed by atoms with Crippen molar-refractivity contribution in [1.29, 1.82) is 0 Å². The molecule has 90 valence electrons. The molecule has 1 aliphatic rings. The number of nitrogens with one attached hydrogen (secondary N) is 1. The molecular formula is C12H20N2OS. The molecule has 3 nitrogen and oxygen atoms in total. The third kappa shape index (κ3) is 3.28. The van der Waals surface area contributed by atoms with E-state index in [0.29, 0.717) is 12.1 Å². The Bertz CT molecular complexity index is 283. The lowest BCUT2D eigenvalue weighted by atomic mass is 10.0. The zero-order chi connectivity index (χ0) is 11.2. The van der Waals surface area contributed by atoms with Crippen LogP contribution < -0.4 is 11.3 Å². The maximum atomic E-state index is 5.61. The SMILES string of the molecule is NNC(CCCC1CCCO1)c1ccsc1.